The van der Waals surface area contributed by atoms with Crippen LogP contribution in [0.5, 0.6) is 0 Å². The van der Waals surface area contributed by atoms with E-state index in [4.69, 9.17) is 0 Å². The minimum Gasteiger partial charge on any atom is -0.361 e. The second-order valence-corrected chi connectivity index (χ2v) is 16.3. The highest BCUT2D eigenvalue weighted by molar-refractivity contribution is 6.15. The van der Waals surface area contributed by atoms with E-state index in [0.29, 0.717) is 0 Å². The molecular formula is C62H49N3. The van der Waals surface area contributed by atoms with Gasteiger partial charge in [0.2, 0.25) is 0 Å². The lowest BCUT2D eigenvalue weighted by atomic mass is 9.86. The molecule has 2 aliphatic rings. The molecule has 0 saturated heterocycles. The van der Waals surface area contributed by atoms with Crippen LogP contribution in [0, 0.1) is 5.92 Å². The summed E-state index contributed by atoms with van der Waals surface area (Å²) in [6.07, 6.45) is 30.8. The summed E-state index contributed by atoms with van der Waals surface area (Å²) in [6, 6.07) is 62.6. The molecule has 0 spiro atoms. The number of para-hydroxylation sites is 3. The van der Waals surface area contributed by atoms with Gasteiger partial charge in [-0.1, -0.05) is 207 Å². The van der Waals surface area contributed by atoms with Crippen molar-refractivity contribution in [2.24, 2.45) is 5.92 Å². The summed E-state index contributed by atoms with van der Waals surface area (Å²) in [5.41, 5.74) is 16.8. The van der Waals surface area contributed by atoms with Gasteiger partial charge in [0, 0.05) is 51.7 Å². The highest BCUT2D eigenvalue weighted by Gasteiger charge is 2.22. The van der Waals surface area contributed by atoms with Crippen LogP contribution in [0.15, 0.2) is 266 Å². The molecule has 10 rings (SSSR count). The lowest BCUT2D eigenvalue weighted by Crippen LogP contribution is -2.02. The summed E-state index contributed by atoms with van der Waals surface area (Å²) in [6.45, 7) is 2.25. The first-order valence-corrected chi connectivity index (χ1v) is 22.3. The molecule has 2 N–H and O–H groups in total. The molecule has 0 saturated carbocycles. The SMILES string of the molecule is CC1/C=C/C=C\C=C/c2c(ccc3c2c2ccccc2n3-c2cccc(-c3ccccc3)c2)/C2=C(\C=C/C1=C/Nc1ccccc1)/C=C/C(c1ccccc1)=C\C=C\Nc1ccccc12. The van der Waals surface area contributed by atoms with E-state index in [-0.39, 0.29) is 5.92 Å². The van der Waals surface area contributed by atoms with Gasteiger partial charge in [-0.25, -0.2) is 0 Å². The molecule has 2 heterocycles. The van der Waals surface area contributed by atoms with Crippen molar-refractivity contribution in [3.63, 3.8) is 0 Å². The fraction of sp³-hybridized carbons (Fsp3) is 0.0323. The van der Waals surface area contributed by atoms with Crippen molar-refractivity contribution in [1.82, 2.24) is 4.57 Å². The first-order valence-electron chi connectivity index (χ1n) is 22.3. The van der Waals surface area contributed by atoms with Gasteiger partial charge in [-0.15, -0.1) is 0 Å². The number of rotatable bonds is 5. The van der Waals surface area contributed by atoms with Gasteiger partial charge < -0.3 is 15.2 Å². The van der Waals surface area contributed by atoms with Crippen molar-refractivity contribution in [3.8, 4) is 16.8 Å². The molecule has 1 aliphatic heterocycles. The molecule has 0 fully saturated rings. The maximum atomic E-state index is 3.69. The lowest BCUT2D eigenvalue weighted by Gasteiger charge is -2.20. The summed E-state index contributed by atoms with van der Waals surface area (Å²) in [4.78, 5) is 0. The Bertz CT molecular complexity index is 3290. The number of fused-ring (bicyclic) bond motifs is 8. The highest BCUT2D eigenvalue weighted by atomic mass is 15.0. The summed E-state index contributed by atoms with van der Waals surface area (Å²) < 4.78 is 2.43. The number of allylic oxidation sites excluding steroid dienone is 14. The first-order chi connectivity index (χ1) is 32.2. The van der Waals surface area contributed by atoms with Crippen LogP contribution in [0.25, 0.3) is 55.8 Å². The Morgan fingerprint density at radius 2 is 1.25 bits per heavy atom. The van der Waals surface area contributed by atoms with Gasteiger partial charge in [0.15, 0.2) is 0 Å². The summed E-state index contributed by atoms with van der Waals surface area (Å²) >= 11 is 0. The minimum absolute atomic E-state index is 0.117. The van der Waals surface area contributed by atoms with E-state index in [2.05, 4.69) is 271 Å². The van der Waals surface area contributed by atoms with Gasteiger partial charge in [-0.2, -0.15) is 0 Å². The van der Waals surface area contributed by atoms with Gasteiger partial charge in [0.05, 0.1) is 11.0 Å². The molecule has 65 heavy (non-hydrogen) atoms. The van der Waals surface area contributed by atoms with E-state index in [0.717, 1.165) is 72.6 Å². The average molecular weight is 836 g/mol. The molecule has 0 bridgehead atoms. The quantitative estimate of drug-likeness (QED) is 0.181. The van der Waals surface area contributed by atoms with Crippen molar-refractivity contribution in [1.29, 1.82) is 0 Å². The fourth-order valence-electron chi connectivity index (χ4n) is 8.91. The Morgan fingerprint density at radius 1 is 0.538 bits per heavy atom. The van der Waals surface area contributed by atoms with E-state index in [1.54, 1.807) is 0 Å². The summed E-state index contributed by atoms with van der Waals surface area (Å²) in [7, 11) is 0. The van der Waals surface area contributed by atoms with Crippen molar-refractivity contribution in [3.05, 3.63) is 289 Å². The van der Waals surface area contributed by atoms with Gasteiger partial charge >= 0.3 is 0 Å². The third kappa shape index (κ3) is 8.69. The fourth-order valence-corrected chi connectivity index (χ4v) is 8.91. The molecule has 0 amide bonds. The summed E-state index contributed by atoms with van der Waals surface area (Å²) in [5.74, 6) is 0.117. The number of anilines is 2. The molecule has 8 aromatic rings. The van der Waals surface area contributed by atoms with Crippen molar-refractivity contribution in [2.75, 3.05) is 10.6 Å². The topological polar surface area (TPSA) is 29.0 Å². The third-order valence-electron chi connectivity index (χ3n) is 12.2. The number of aromatic nitrogens is 1. The van der Waals surface area contributed by atoms with Crippen LogP contribution in [0.1, 0.15) is 29.2 Å². The number of hydrogen-bond donors (Lipinski definition) is 2. The zero-order valence-electron chi connectivity index (χ0n) is 36.4. The van der Waals surface area contributed by atoms with Gasteiger partial charge in [-0.05, 0) is 98.7 Å². The van der Waals surface area contributed by atoms with Crippen LogP contribution in [-0.4, -0.2) is 4.57 Å². The molecule has 0 radical (unpaired) electrons. The van der Waals surface area contributed by atoms with Gasteiger partial charge in [0.25, 0.3) is 0 Å². The van der Waals surface area contributed by atoms with Crippen LogP contribution in [0.2, 0.25) is 0 Å². The molecule has 3 nitrogen and oxygen atoms in total. The van der Waals surface area contributed by atoms with Crippen molar-refractivity contribution >= 4 is 50.4 Å². The monoisotopic (exact) mass is 835 g/mol. The second kappa shape index (κ2) is 18.9. The maximum Gasteiger partial charge on any atom is 0.0547 e. The van der Waals surface area contributed by atoms with Crippen LogP contribution in [0.4, 0.5) is 11.4 Å². The molecule has 7 aromatic carbocycles. The Balaban J connectivity index is 1.28. The molecule has 1 aliphatic carbocycles. The van der Waals surface area contributed by atoms with E-state index in [1.807, 2.05) is 12.3 Å². The van der Waals surface area contributed by atoms with Crippen LogP contribution in [-0.2, 0) is 0 Å². The minimum atomic E-state index is 0.117. The number of nitrogens with zero attached hydrogens (tertiary/aromatic N) is 1. The Hall–Kier alpha value is -8.40. The smallest absolute Gasteiger partial charge is 0.0547 e. The molecule has 1 aromatic heterocycles. The van der Waals surface area contributed by atoms with Gasteiger partial charge in [-0.3, -0.25) is 0 Å². The normalized spacial score (nSPS) is 20.6. The van der Waals surface area contributed by atoms with Gasteiger partial charge in [0.1, 0.15) is 0 Å². The van der Waals surface area contributed by atoms with Crippen molar-refractivity contribution in [2.45, 2.75) is 6.92 Å². The van der Waals surface area contributed by atoms with E-state index >= 15 is 0 Å². The average Bonchev–Trinajstić information content (AvgIpc) is 3.69. The molecular weight excluding hydrogens is 787 g/mol. The van der Waals surface area contributed by atoms with Crippen LogP contribution >= 0.6 is 0 Å². The zero-order chi connectivity index (χ0) is 43.8. The second-order valence-electron chi connectivity index (χ2n) is 16.3. The zero-order valence-corrected chi connectivity index (χ0v) is 36.4. The van der Waals surface area contributed by atoms with E-state index in [1.165, 1.54) is 21.9 Å². The number of benzene rings is 7. The summed E-state index contributed by atoms with van der Waals surface area (Å²) in [5, 5.41) is 9.67. The predicted molar refractivity (Wildman–Crippen MR) is 279 cm³/mol. The van der Waals surface area contributed by atoms with Crippen LogP contribution < -0.4 is 10.6 Å². The van der Waals surface area contributed by atoms with Crippen LogP contribution in [0.3, 0.4) is 0 Å². The number of nitrogens with one attached hydrogen (secondary N) is 2. The molecule has 1 atom stereocenters. The Morgan fingerprint density at radius 3 is 2.09 bits per heavy atom. The predicted octanol–water partition coefficient (Wildman–Crippen LogP) is 16.2. The largest absolute Gasteiger partial charge is 0.361 e. The standard InChI is InChI=1S/C62H49N3/c1-45-21-7-2-3-14-31-54-55(40-41-60-62(54)57-33-16-18-35-59(57)65(60)53-30-19-26-50(43-53)47-24-10-5-11-25-47)61-49(38-39-51(45)44-64-52-28-12-6-13-29-52)37-36-48(46-22-8-4-9-23-46)27-20-42-63-58-34-17-15-32-56(58)61/h2-45,63-64H,1H3/b3-2-,21-7+,31-14-,37-36+,39-38-,42-20+,48-27+,51-44-,61-49+. The number of hydrogen-bond acceptors (Lipinski definition) is 2. The third-order valence-corrected chi connectivity index (χ3v) is 12.2. The highest BCUT2D eigenvalue weighted by Crippen LogP contribution is 2.43. The first kappa shape index (κ1) is 40.7. The molecule has 312 valence electrons. The molecule has 3 heteroatoms. The maximum absolute atomic E-state index is 3.69. The lowest BCUT2D eigenvalue weighted by molar-refractivity contribution is 0.889. The Kier molecular flexibility index (Phi) is 11.8. The van der Waals surface area contributed by atoms with Crippen molar-refractivity contribution < 1.29 is 0 Å². The Labute approximate surface area is 382 Å². The van der Waals surface area contributed by atoms with E-state index in [9.17, 15) is 0 Å². The van der Waals surface area contributed by atoms with E-state index < -0.39 is 0 Å². The molecule has 1 unspecified atom stereocenters.